The van der Waals surface area contributed by atoms with Crippen LogP contribution in [0.5, 0.6) is 11.5 Å². The predicted octanol–water partition coefficient (Wildman–Crippen LogP) is 2.09. The van der Waals surface area contributed by atoms with Crippen LogP contribution >= 0.6 is 0 Å². The Hall–Kier alpha value is -1.71. The molecular formula is C14H19NO3. The van der Waals surface area contributed by atoms with Gasteiger partial charge in [-0.15, -0.1) is 0 Å². The first-order valence-electron chi connectivity index (χ1n) is 6.43. The summed E-state index contributed by atoms with van der Waals surface area (Å²) in [6.45, 7) is 4.31. The minimum atomic E-state index is 0.0544. The summed E-state index contributed by atoms with van der Waals surface area (Å²) in [5.41, 5.74) is 0. The highest BCUT2D eigenvalue weighted by Crippen LogP contribution is 2.26. The number of hydrogen-bond acceptors (Lipinski definition) is 3. The maximum Gasteiger partial charge on any atom is 0.260 e. The van der Waals surface area contributed by atoms with E-state index in [-0.39, 0.29) is 12.5 Å². The molecule has 0 radical (unpaired) electrons. The van der Waals surface area contributed by atoms with E-state index in [1.165, 1.54) is 0 Å². The van der Waals surface area contributed by atoms with Crippen LogP contribution in [0.3, 0.4) is 0 Å². The molecule has 0 saturated carbocycles. The predicted molar refractivity (Wildman–Crippen MR) is 68.9 cm³/mol. The number of rotatable bonds is 5. The van der Waals surface area contributed by atoms with Gasteiger partial charge in [-0.1, -0.05) is 12.1 Å². The summed E-state index contributed by atoms with van der Waals surface area (Å²) < 4.78 is 11.0. The van der Waals surface area contributed by atoms with Gasteiger partial charge in [0, 0.05) is 13.1 Å². The second-order valence-electron chi connectivity index (χ2n) is 4.26. The average molecular weight is 249 g/mol. The second kappa shape index (κ2) is 6.28. The maximum atomic E-state index is 11.8. The summed E-state index contributed by atoms with van der Waals surface area (Å²) >= 11 is 0. The molecule has 0 aliphatic carbocycles. The van der Waals surface area contributed by atoms with E-state index >= 15 is 0 Å². The van der Waals surface area contributed by atoms with Crippen molar-refractivity contribution in [3.8, 4) is 11.5 Å². The zero-order valence-electron chi connectivity index (χ0n) is 10.7. The SMILES string of the molecule is CCOc1ccccc1OCC(=O)N1CCCC1. The molecule has 0 unspecified atom stereocenters. The Morgan fingerprint density at radius 1 is 1.17 bits per heavy atom. The summed E-state index contributed by atoms with van der Waals surface area (Å²) in [4.78, 5) is 13.7. The molecule has 1 aromatic carbocycles. The van der Waals surface area contributed by atoms with Crippen LogP contribution in [0.1, 0.15) is 19.8 Å². The number of hydrogen-bond donors (Lipinski definition) is 0. The third-order valence-electron chi connectivity index (χ3n) is 2.96. The Labute approximate surface area is 107 Å². The molecule has 0 aromatic heterocycles. The normalized spacial score (nSPS) is 14.6. The fraction of sp³-hybridized carbons (Fsp3) is 0.500. The molecule has 4 heteroatoms. The molecule has 0 atom stereocenters. The van der Waals surface area contributed by atoms with E-state index in [9.17, 15) is 4.79 Å². The lowest BCUT2D eigenvalue weighted by Gasteiger charge is -2.16. The van der Waals surface area contributed by atoms with Crippen LogP contribution in [0.25, 0.3) is 0 Å². The molecule has 2 rings (SSSR count). The molecule has 1 aliphatic heterocycles. The number of ether oxygens (including phenoxy) is 2. The summed E-state index contributed by atoms with van der Waals surface area (Å²) in [6, 6.07) is 7.43. The van der Waals surface area contributed by atoms with Crippen molar-refractivity contribution in [2.45, 2.75) is 19.8 Å². The van der Waals surface area contributed by atoms with Gasteiger partial charge in [-0.2, -0.15) is 0 Å². The number of amides is 1. The maximum absolute atomic E-state index is 11.8. The summed E-state index contributed by atoms with van der Waals surface area (Å²) in [5.74, 6) is 1.37. The third kappa shape index (κ3) is 3.15. The van der Waals surface area contributed by atoms with E-state index in [4.69, 9.17) is 9.47 Å². The van der Waals surface area contributed by atoms with E-state index in [0.717, 1.165) is 25.9 Å². The van der Waals surface area contributed by atoms with Crippen molar-refractivity contribution in [3.63, 3.8) is 0 Å². The minimum Gasteiger partial charge on any atom is -0.490 e. The van der Waals surface area contributed by atoms with Crippen LogP contribution in [0.4, 0.5) is 0 Å². The van der Waals surface area contributed by atoms with Gasteiger partial charge in [-0.25, -0.2) is 0 Å². The van der Waals surface area contributed by atoms with Gasteiger partial charge in [0.15, 0.2) is 18.1 Å². The van der Waals surface area contributed by atoms with Gasteiger partial charge in [0.05, 0.1) is 6.61 Å². The van der Waals surface area contributed by atoms with Crippen molar-refractivity contribution in [2.24, 2.45) is 0 Å². The molecule has 1 heterocycles. The fourth-order valence-corrected chi connectivity index (χ4v) is 2.04. The Kier molecular flexibility index (Phi) is 4.45. The molecule has 1 aliphatic rings. The van der Waals surface area contributed by atoms with Gasteiger partial charge in [0.25, 0.3) is 5.91 Å². The number of carbonyl (C=O) groups excluding carboxylic acids is 1. The minimum absolute atomic E-state index is 0.0544. The zero-order valence-corrected chi connectivity index (χ0v) is 10.7. The molecule has 0 N–H and O–H groups in total. The smallest absolute Gasteiger partial charge is 0.260 e. The molecule has 0 bridgehead atoms. The highest BCUT2D eigenvalue weighted by Gasteiger charge is 2.18. The number of nitrogens with zero attached hydrogens (tertiary/aromatic N) is 1. The lowest BCUT2D eigenvalue weighted by atomic mass is 10.3. The molecule has 98 valence electrons. The summed E-state index contributed by atoms with van der Waals surface area (Å²) in [7, 11) is 0. The van der Waals surface area contributed by atoms with Crippen LogP contribution in [0.15, 0.2) is 24.3 Å². The summed E-state index contributed by atoms with van der Waals surface area (Å²) in [5, 5.41) is 0. The standard InChI is InChI=1S/C14H19NO3/c1-2-17-12-7-3-4-8-13(12)18-11-14(16)15-9-5-6-10-15/h3-4,7-8H,2,5-6,9-11H2,1H3. The third-order valence-corrected chi connectivity index (χ3v) is 2.96. The molecule has 18 heavy (non-hydrogen) atoms. The van der Waals surface area contributed by atoms with Crippen LogP contribution < -0.4 is 9.47 Å². The van der Waals surface area contributed by atoms with Gasteiger partial charge in [0.1, 0.15) is 0 Å². The van der Waals surface area contributed by atoms with Crippen LogP contribution in [-0.4, -0.2) is 37.1 Å². The van der Waals surface area contributed by atoms with Crippen LogP contribution in [-0.2, 0) is 4.79 Å². The summed E-state index contributed by atoms with van der Waals surface area (Å²) in [6.07, 6.45) is 2.20. The first-order valence-corrected chi connectivity index (χ1v) is 6.43. The van der Waals surface area contributed by atoms with Crippen molar-refractivity contribution >= 4 is 5.91 Å². The van der Waals surface area contributed by atoms with Gasteiger partial charge >= 0.3 is 0 Å². The Balaban J connectivity index is 1.90. The van der Waals surface area contributed by atoms with E-state index in [2.05, 4.69) is 0 Å². The van der Waals surface area contributed by atoms with Crippen molar-refractivity contribution in [1.29, 1.82) is 0 Å². The Morgan fingerprint density at radius 2 is 1.78 bits per heavy atom. The topological polar surface area (TPSA) is 38.8 Å². The highest BCUT2D eigenvalue weighted by atomic mass is 16.5. The first kappa shape index (κ1) is 12.7. The van der Waals surface area contributed by atoms with Gasteiger partial charge in [-0.3, -0.25) is 4.79 Å². The van der Waals surface area contributed by atoms with E-state index in [1.807, 2.05) is 36.1 Å². The van der Waals surface area contributed by atoms with Crippen molar-refractivity contribution in [2.75, 3.05) is 26.3 Å². The first-order chi connectivity index (χ1) is 8.81. The largest absolute Gasteiger partial charge is 0.490 e. The number of benzene rings is 1. The van der Waals surface area contributed by atoms with Crippen molar-refractivity contribution in [1.82, 2.24) is 4.90 Å². The highest BCUT2D eigenvalue weighted by molar-refractivity contribution is 5.78. The van der Waals surface area contributed by atoms with E-state index < -0.39 is 0 Å². The Bertz CT molecular complexity index is 400. The lowest BCUT2D eigenvalue weighted by molar-refractivity contribution is -0.132. The van der Waals surface area contributed by atoms with E-state index in [1.54, 1.807) is 0 Å². The lowest BCUT2D eigenvalue weighted by Crippen LogP contribution is -2.32. The van der Waals surface area contributed by atoms with Crippen LogP contribution in [0, 0.1) is 0 Å². The molecular weight excluding hydrogens is 230 g/mol. The zero-order chi connectivity index (χ0) is 12.8. The molecule has 1 saturated heterocycles. The molecule has 0 spiro atoms. The molecule has 4 nitrogen and oxygen atoms in total. The number of likely N-dealkylation sites (tertiary alicyclic amines) is 1. The van der Waals surface area contributed by atoms with E-state index in [0.29, 0.717) is 18.1 Å². The second-order valence-corrected chi connectivity index (χ2v) is 4.26. The number of para-hydroxylation sites is 2. The average Bonchev–Trinajstić information content (AvgIpc) is 2.92. The molecule has 1 fully saturated rings. The van der Waals surface area contributed by atoms with Crippen molar-refractivity contribution in [3.05, 3.63) is 24.3 Å². The van der Waals surface area contributed by atoms with Crippen molar-refractivity contribution < 1.29 is 14.3 Å². The molecule has 1 aromatic rings. The fourth-order valence-electron chi connectivity index (χ4n) is 2.04. The Morgan fingerprint density at radius 3 is 2.39 bits per heavy atom. The quantitative estimate of drug-likeness (QED) is 0.802. The monoisotopic (exact) mass is 249 g/mol. The number of carbonyl (C=O) groups is 1. The van der Waals surface area contributed by atoms with Crippen LogP contribution in [0.2, 0.25) is 0 Å². The van der Waals surface area contributed by atoms with Gasteiger partial charge in [-0.05, 0) is 31.9 Å². The molecule has 1 amide bonds. The van der Waals surface area contributed by atoms with Gasteiger partial charge in [0.2, 0.25) is 0 Å². The van der Waals surface area contributed by atoms with Gasteiger partial charge < -0.3 is 14.4 Å².